The van der Waals surface area contributed by atoms with E-state index in [-0.39, 0.29) is 11.7 Å². The average molecular weight is 294 g/mol. The van der Waals surface area contributed by atoms with Crippen molar-refractivity contribution in [3.05, 3.63) is 29.8 Å². The third kappa shape index (κ3) is 7.56. The summed E-state index contributed by atoms with van der Waals surface area (Å²) in [5.41, 5.74) is 6.30. The fourth-order valence-corrected chi connectivity index (χ4v) is 1.93. The van der Waals surface area contributed by atoms with Gasteiger partial charge in [0.25, 0.3) is 0 Å². The maximum atomic E-state index is 11.6. The molecule has 0 saturated heterocycles. The summed E-state index contributed by atoms with van der Waals surface area (Å²) in [6, 6.07) is 7.18. The minimum atomic E-state index is -0.496. The number of aryl methyl sites for hydroxylation is 1. The number of aromatic hydroxyl groups is 1. The van der Waals surface area contributed by atoms with Gasteiger partial charge in [-0.05, 0) is 63.8 Å². The number of carbonyl (C=O) groups is 1. The van der Waals surface area contributed by atoms with E-state index >= 15 is 0 Å². The van der Waals surface area contributed by atoms with Gasteiger partial charge in [-0.25, -0.2) is 4.79 Å². The molecule has 0 fully saturated rings. The minimum Gasteiger partial charge on any atom is -0.508 e. The van der Waals surface area contributed by atoms with Crippen molar-refractivity contribution in [1.82, 2.24) is 5.32 Å². The molecule has 21 heavy (non-hydrogen) atoms. The molecule has 0 saturated carbocycles. The standard InChI is InChI=1S/C16H26N2O3/c1-16(2,3)21-15(20)18-11-13(10-17)8-7-12-5-4-6-14(19)9-12/h4-6,9,13,19H,7-8,10-11,17H2,1-3H3,(H,18,20). The SMILES string of the molecule is CC(C)(C)OC(=O)NCC(CN)CCc1cccc(O)c1. The van der Waals surface area contributed by atoms with Gasteiger partial charge >= 0.3 is 6.09 Å². The lowest BCUT2D eigenvalue weighted by atomic mass is 9.99. The van der Waals surface area contributed by atoms with Gasteiger partial charge in [-0.1, -0.05) is 12.1 Å². The van der Waals surface area contributed by atoms with Crippen LogP contribution in [0.2, 0.25) is 0 Å². The van der Waals surface area contributed by atoms with E-state index in [0.717, 1.165) is 18.4 Å². The summed E-state index contributed by atoms with van der Waals surface area (Å²) in [5, 5.41) is 12.2. The third-order valence-electron chi connectivity index (χ3n) is 3.02. The van der Waals surface area contributed by atoms with Gasteiger partial charge in [0.1, 0.15) is 11.4 Å². The van der Waals surface area contributed by atoms with Crippen molar-refractivity contribution in [2.45, 2.75) is 39.2 Å². The number of nitrogens with one attached hydrogen (secondary N) is 1. The van der Waals surface area contributed by atoms with Gasteiger partial charge in [0.2, 0.25) is 0 Å². The van der Waals surface area contributed by atoms with Gasteiger partial charge in [0.15, 0.2) is 0 Å². The van der Waals surface area contributed by atoms with Crippen LogP contribution < -0.4 is 11.1 Å². The van der Waals surface area contributed by atoms with Crippen LogP contribution in [0.15, 0.2) is 24.3 Å². The molecule has 0 aromatic heterocycles. The molecule has 1 amide bonds. The molecule has 0 aliphatic rings. The average Bonchev–Trinajstić information content (AvgIpc) is 2.37. The molecule has 4 N–H and O–H groups in total. The molecule has 1 rings (SSSR count). The number of hydrogen-bond acceptors (Lipinski definition) is 4. The molecule has 0 heterocycles. The Labute approximate surface area is 126 Å². The van der Waals surface area contributed by atoms with Crippen LogP contribution in [0.1, 0.15) is 32.8 Å². The lowest BCUT2D eigenvalue weighted by Crippen LogP contribution is -2.37. The number of amides is 1. The summed E-state index contributed by atoms with van der Waals surface area (Å²) in [4.78, 5) is 11.6. The van der Waals surface area contributed by atoms with Crippen LogP contribution in [0.25, 0.3) is 0 Å². The van der Waals surface area contributed by atoms with E-state index in [1.54, 1.807) is 12.1 Å². The molecule has 0 aliphatic carbocycles. The number of carbonyl (C=O) groups excluding carboxylic acids is 1. The van der Waals surface area contributed by atoms with Crippen LogP contribution >= 0.6 is 0 Å². The second-order valence-electron chi connectivity index (χ2n) is 6.19. The Morgan fingerprint density at radius 3 is 2.71 bits per heavy atom. The summed E-state index contributed by atoms with van der Waals surface area (Å²) < 4.78 is 5.19. The molecule has 1 aromatic rings. The molecule has 1 atom stereocenters. The van der Waals surface area contributed by atoms with Crippen molar-refractivity contribution in [3.63, 3.8) is 0 Å². The third-order valence-corrected chi connectivity index (χ3v) is 3.02. The highest BCUT2D eigenvalue weighted by Crippen LogP contribution is 2.14. The van der Waals surface area contributed by atoms with E-state index in [9.17, 15) is 9.90 Å². The second kappa shape index (κ2) is 7.88. The number of hydrogen-bond donors (Lipinski definition) is 3. The first kappa shape index (κ1) is 17.3. The van der Waals surface area contributed by atoms with Crippen molar-refractivity contribution >= 4 is 6.09 Å². The fourth-order valence-electron chi connectivity index (χ4n) is 1.93. The van der Waals surface area contributed by atoms with Gasteiger partial charge in [-0.2, -0.15) is 0 Å². The highest BCUT2D eigenvalue weighted by atomic mass is 16.6. The lowest BCUT2D eigenvalue weighted by molar-refractivity contribution is 0.0519. The van der Waals surface area contributed by atoms with Crippen LogP contribution in [-0.2, 0) is 11.2 Å². The van der Waals surface area contributed by atoms with Gasteiger partial charge in [-0.3, -0.25) is 0 Å². The molecule has 118 valence electrons. The van der Waals surface area contributed by atoms with Gasteiger partial charge < -0.3 is 20.9 Å². The normalized spacial score (nSPS) is 12.8. The fraction of sp³-hybridized carbons (Fsp3) is 0.562. The molecule has 1 aromatic carbocycles. The quantitative estimate of drug-likeness (QED) is 0.752. The highest BCUT2D eigenvalue weighted by Gasteiger charge is 2.17. The predicted octanol–water partition coefficient (Wildman–Crippen LogP) is 2.42. The Hall–Kier alpha value is -1.75. The molecule has 1 unspecified atom stereocenters. The predicted molar refractivity (Wildman–Crippen MR) is 83.2 cm³/mol. The zero-order valence-electron chi connectivity index (χ0n) is 13.1. The van der Waals surface area contributed by atoms with Crippen LogP contribution in [-0.4, -0.2) is 29.9 Å². The Kier molecular flexibility index (Phi) is 6.49. The van der Waals surface area contributed by atoms with E-state index in [0.29, 0.717) is 13.1 Å². The van der Waals surface area contributed by atoms with Gasteiger partial charge in [0.05, 0.1) is 0 Å². The van der Waals surface area contributed by atoms with Crippen LogP contribution in [0, 0.1) is 5.92 Å². The first-order valence-electron chi connectivity index (χ1n) is 7.25. The van der Waals surface area contributed by atoms with Crippen molar-refractivity contribution < 1.29 is 14.6 Å². The Balaban J connectivity index is 2.36. The summed E-state index contributed by atoms with van der Waals surface area (Å²) in [6.07, 6.45) is 1.24. The van der Waals surface area contributed by atoms with E-state index in [1.807, 2.05) is 32.9 Å². The second-order valence-corrected chi connectivity index (χ2v) is 6.19. The molecular formula is C16H26N2O3. The number of benzene rings is 1. The van der Waals surface area contributed by atoms with Crippen LogP contribution in [0.3, 0.4) is 0 Å². The number of nitrogens with two attached hydrogens (primary N) is 1. The monoisotopic (exact) mass is 294 g/mol. The van der Waals surface area contributed by atoms with Crippen molar-refractivity contribution in [2.75, 3.05) is 13.1 Å². The molecule has 0 spiro atoms. The zero-order valence-corrected chi connectivity index (χ0v) is 13.1. The number of phenols is 1. The molecule has 0 radical (unpaired) electrons. The number of ether oxygens (including phenoxy) is 1. The summed E-state index contributed by atoms with van der Waals surface area (Å²) in [6.45, 7) is 6.47. The van der Waals surface area contributed by atoms with E-state index in [4.69, 9.17) is 10.5 Å². The smallest absolute Gasteiger partial charge is 0.407 e. The van der Waals surface area contributed by atoms with E-state index in [1.165, 1.54) is 0 Å². The summed E-state index contributed by atoms with van der Waals surface area (Å²) in [5.74, 6) is 0.448. The Morgan fingerprint density at radius 2 is 2.14 bits per heavy atom. The van der Waals surface area contributed by atoms with Crippen LogP contribution in [0.5, 0.6) is 5.75 Å². The lowest BCUT2D eigenvalue weighted by Gasteiger charge is -2.21. The maximum Gasteiger partial charge on any atom is 0.407 e. The summed E-state index contributed by atoms with van der Waals surface area (Å²) >= 11 is 0. The van der Waals surface area contributed by atoms with Crippen molar-refractivity contribution in [2.24, 2.45) is 11.7 Å². The molecule has 5 heteroatoms. The van der Waals surface area contributed by atoms with E-state index in [2.05, 4.69) is 5.32 Å². The topological polar surface area (TPSA) is 84.6 Å². The van der Waals surface area contributed by atoms with E-state index < -0.39 is 11.7 Å². The first-order valence-corrected chi connectivity index (χ1v) is 7.25. The molecule has 5 nitrogen and oxygen atoms in total. The summed E-state index contributed by atoms with van der Waals surface area (Å²) in [7, 11) is 0. The maximum absolute atomic E-state index is 11.6. The Bertz CT molecular complexity index is 455. The van der Waals surface area contributed by atoms with Crippen LogP contribution in [0.4, 0.5) is 4.79 Å². The first-order chi connectivity index (χ1) is 9.80. The molecule has 0 bridgehead atoms. The number of rotatable bonds is 6. The highest BCUT2D eigenvalue weighted by molar-refractivity contribution is 5.67. The number of alkyl carbamates (subject to hydrolysis) is 1. The molecule has 0 aliphatic heterocycles. The van der Waals surface area contributed by atoms with Gasteiger partial charge in [-0.15, -0.1) is 0 Å². The van der Waals surface area contributed by atoms with Crippen molar-refractivity contribution in [1.29, 1.82) is 0 Å². The molecular weight excluding hydrogens is 268 g/mol. The zero-order chi connectivity index (χ0) is 15.9. The van der Waals surface area contributed by atoms with Crippen molar-refractivity contribution in [3.8, 4) is 5.75 Å². The Morgan fingerprint density at radius 1 is 1.43 bits per heavy atom. The number of phenolic OH excluding ortho intramolecular Hbond substituents is 1. The minimum absolute atomic E-state index is 0.180. The van der Waals surface area contributed by atoms with Gasteiger partial charge in [0, 0.05) is 6.54 Å². The largest absolute Gasteiger partial charge is 0.508 e.